The van der Waals surface area contributed by atoms with E-state index < -0.39 is 5.97 Å². The van der Waals surface area contributed by atoms with Gasteiger partial charge in [-0.15, -0.1) is 0 Å². The number of hydrogen-bond donors (Lipinski definition) is 1. The number of carboxylic acid groups (broad SMARTS) is 1. The summed E-state index contributed by atoms with van der Waals surface area (Å²) in [6, 6.07) is 5.39. The Balaban J connectivity index is 2.45. The smallest absolute Gasteiger partial charge is 0.335 e. The van der Waals surface area contributed by atoms with Gasteiger partial charge < -0.3 is 5.11 Å². The van der Waals surface area contributed by atoms with E-state index in [1.54, 1.807) is 12.1 Å². The number of carbonyl (C=O) groups is 1. The summed E-state index contributed by atoms with van der Waals surface area (Å²) in [6.45, 7) is 2.21. The quantitative estimate of drug-likeness (QED) is 0.682. The third-order valence-corrected chi connectivity index (χ3v) is 3.59. The highest BCUT2D eigenvalue weighted by atomic mass is 79.9. The van der Waals surface area contributed by atoms with Crippen LogP contribution in [0.15, 0.2) is 22.7 Å². The molecule has 0 saturated carbocycles. The number of aromatic carboxylic acids is 1. The molecule has 0 aliphatic rings. The Bertz CT molecular complexity index is 388. The van der Waals surface area contributed by atoms with Crippen LogP contribution in [-0.2, 0) is 6.42 Å². The van der Waals surface area contributed by atoms with E-state index in [4.69, 9.17) is 5.11 Å². The zero-order chi connectivity index (χ0) is 13.4. The van der Waals surface area contributed by atoms with E-state index in [1.165, 1.54) is 32.1 Å². The third-order valence-electron chi connectivity index (χ3n) is 3.10. The van der Waals surface area contributed by atoms with Gasteiger partial charge in [-0.1, -0.05) is 55.0 Å². The second kappa shape index (κ2) is 8.30. The van der Waals surface area contributed by atoms with Crippen LogP contribution in [0.2, 0.25) is 0 Å². The minimum atomic E-state index is -0.830. The fourth-order valence-corrected chi connectivity index (χ4v) is 2.48. The largest absolute Gasteiger partial charge is 0.478 e. The lowest BCUT2D eigenvalue weighted by molar-refractivity contribution is 0.0695. The van der Waals surface area contributed by atoms with Gasteiger partial charge in [-0.05, 0) is 36.6 Å². The van der Waals surface area contributed by atoms with Gasteiger partial charge in [-0.2, -0.15) is 0 Å². The lowest BCUT2D eigenvalue weighted by Crippen LogP contribution is -2.02. The Morgan fingerprint density at radius 2 is 1.83 bits per heavy atom. The van der Waals surface area contributed by atoms with E-state index in [-0.39, 0.29) is 0 Å². The SMILES string of the molecule is CCCCCCCCc1cc(Br)ccc1C(=O)O. The molecule has 0 aliphatic carbocycles. The van der Waals surface area contributed by atoms with Gasteiger partial charge in [0.15, 0.2) is 0 Å². The molecular formula is C15H21BrO2. The van der Waals surface area contributed by atoms with Crippen molar-refractivity contribution in [3.63, 3.8) is 0 Å². The number of benzene rings is 1. The number of halogens is 1. The van der Waals surface area contributed by atoms with Crippen molar-refractivity contribution in [2.75, 3.05) is 0 Å². The molecule has 0 amide bonds. The standard InChI is InChI=1S/C15H21BrO2/c1-2-3-4-5-6-7-8-12-11-13(16)9-10-14(12)15(17)18/h9-11H,2-8H2,1H3,(H,17,18). The molecule has 1 N–H and O–H groups in total. The Morgan fingerprint density at radius 1 is 1.17 bits per heavy atom. The zero-order valence-corrected chi connectivity index (χ0v) is 12.5. The van der Waals surface area contributed by atoms with Crippen molar-refractivity contribution in [1.29, 1.82) is 0 Å². The van der Waals surface area contributed by atoms with Crippen LogP contribution in [0.3, 0.4) is 0 Å². The molecule has 0 aliphatic heterocycles. The lowest BCUT2D eigenvalue weighted by atomic mass is 10.0. The Labute approximate surface area is 118 Å². The molecule has 0 saturated heterocycles. The average molecular weight is 313 g/mol. The monoisotopic (exact) mass is 312 g/mol. The van der Waals surface area contributed by atoms with E-state index in [1.807, 2.05) is 6.07 Å². The van der Waals surface area contributed by atoms with E-state index in [9.17, 15) is 4.79 Å². The average Bonchev–Trinajstić information content (AvgIpc) is 2.33. The predicted molar refractivity (Wildman–Crippen MR) is 78.2 cm³/mol. The van der Waals surface area contributed by atoms with E-state index in [0.29, 0.717) is 5.56 Å². The van der Waals surface area contributed by atoms with Crippen LogP contribution >= 0.6 is 15.9 Å². The molecule has 2 nitrogen and oxygen atoms in total. The predicted octanol–water partition coefficient (Wildman–Crippen LogP) is 5.05. The highest BCUT2D eigenvalue weighted by Gasteiger charge is 2.09. The number of hydrogen-bond acceptors (Lipinski definition) is 1. The molecule has 1 aromatic carbocycles. The summed E-state index contributed by atoms with van der Waals surface area (Å²) in [4.78, 5) is 11.1. The summed E-state index contributed by atoms with van der Waals surface area (Å²) >= 11 is 3.40. The van der Waals surface area contributed by atoms with Crippen molar-refractivity contribution >= 4 is 21.9 Å². The summed E-state index contributed by atoms with van der Waals surface area (Å²) in [5.41, 5.74) is 1.37. The fraction of sp³-hybridized carbons (Fsp3) is 0.533. The summed E-state index contributed by atoms with van der Waals surface area (Å²) < 4.78 is 0.952. The normalized spacial score (nSPS) is 10.6. The van der Waals surface area contributed by atoms with Gasteiger partial charge in [0.25, 0.3) is 0 Å². The molecule has 1 rings (SSSR count). The first-order valence-corrected chi connectivity index (χ1v) is 7.46. The first-order valence-electron chi connectivity index (χ1n) is 6.67. The van der Waals surface area contributed by atoms with Gasteiger partial charge in [-0.25, -0.2) is 4.79 Å². The molecule has 0 atom stereocenters. The molecule has 0 radical (unpaired) electrons. The summed E-state index contributed by atoms with van der Waals surface area (Å²) in [5.74, 6) is -0.830. The molecule has 3 heteroatoms. The van der Waals surface area contributed by atoms with Crippen molar-refractivity contribution < 1.29 is 9.90 Å². The molecule has 0 bridgehead atoms. The van der Waals surface area contributed by atoms with E-state index in [2.05, 4.69) is 22.9 Å². The number of rotatable bonds is 8. The molecule has 0 fully saturated rings. The van der Waals surface area contributed by atoms with Gasteiger partial charge >= 0.3 is 5.97 Å². The fourth-order valence-electron chi connectivity index (χ4n) is 2.07. The highest BCUT2D eigenvalue weighted by Crippen LogP contribution is 2.19. The summed E-state index contributed by atoms with van der Waals surface area (Å²) in [5, 5.41) is 9.11. The van der Waals surface area contributed by atoms with Crippen LogP contribution in [0.1, 0.15) is 61.4 Å². The van der Waals surface area contributed by atoms with Gasteiger partial charge in [0, 0.05) is 4.47 Å². The Hall–Kier alpha value is -0.830. The molecule has 100 valence electrons. The minimum Gasteiger partial charge on any atom is -0.478 e. The number of aryl methyl sites for hydroxylation is 1. The maximum atomic E-state index is 11.1. The van der Waals surface area contributed by atoms with Crippen LogP contribution in [-0.4, -0.2) is 11.1 Å². The lowest BCUT2D eigenvalue weighted by Gasteiger charge is -2.07. The molecular weight excluding hydrogens is 292 g/mol. The second-order valence-electron chi connectivity index (χ2n) is 4.62. The number of unbranched alkanes of at least 4 members (excludes halogenated alkanes) is 5. The Morgan fingerprint density at radius 3 is 2.50 bits per heavy atom. The first kappa shape index (κ1) is 15.2. The zero-order valence-electron chi connectivity index (χ0n) is 10.9. The highest BCUT2D eigenvalue weighted by molar-refractivity contribution is 9.10. The van der Waals surface area contributed by atoms with E-state index in [0.717, 1.165) is 22.9 Å². The van der Waals surface area contributed by atoms with Crippen LogP contribution in [0.4, 0.5) is 0 Å². The van der Waals surface area contributed by atoms with Crippen LogP contribution in [0, 0.1) is 0 Å². The maximum Gasteiger partial charge on any atom is 0.335 e. The van der Waals surface area contributed by atoms with Gasteiger partial charge in [0.05, 0.1) is 5.56 Å². The molecule has 1 aromatic rings. The van der Waals surface area contributed by atoms with Crippen LogP contribution in [0.25, 0.3) is 0 Å². The van der Waals surface area contributed by atoms with Crippen molar-refractivity contribution in [2.45, 2.75) is 51.9 Å². The Kier molecular flexibility index (Phi) is 7.02. The van der Waals surface area contributed by atoms with Crippen molar-refractivity contribution in [3.05, 3.63) is 33.8 Å². The summed E-state index contributed by atoms with van der Waals surface area (Å²) in [7, 11) is 0. The molecule has 0 unspecified atom stereocenters. The first-order chi connectivity index (χ1) is 8.65. The van der Waals surface area contributed by atoms with Crippen molar-refractivity contribution in [2.24, 2.45) is 0 Å². The van der Waals surface area contributed by atoms with Crippen molar-refractivity contribution in [1.82, 2.24) is 0 Å². The van der Waals surface area contributed by atoms with Gasteiger partial charge in [0.1, 0.15) is 0 Å². The molecule has 0 spiro atoms. The third kappa shape index (κ3) is 5.21. The van der Waals surface area contributed by atoms with Gasteiger partial charge in [0.2, 0.25) is 0 Å². The van der Waals surface area contributed by atoms with Crippen molar-refractivity contribution in [3.8, 4) is 0 Å². The molecule has 0 heterocycles. The van der Waals surface area contributed by atoms with Crippen LogP contribution in [0.5, 0.6) is 0 Å². The maximum absolute atomic E-state index is 11.1. The van der Waals surface area contributed by atoms with Crippen LogP contribution < -0.4 is 0 Å². The topological polar surface area (TPSA) is 37.3 Å². The molecule has 0 aromatic heterocycles. The molecule has 18 heavy (non-hydrogen) atoms. The van der Waals surface area contributed by atoms with E-state index >= 15 is 0 Å². The van der Waals surface area contributed by atoms with Gasteiger partial charge in [-0.3, -0.25) is 0 Å². The minimum absolute atomic E-state index is 0.437. The summed E-state index contributed by atoms with van der Waals surface area (Å²) in [6.07, 6.45) is 8.22. The second-order valence-corrected chi connectivity index (χ2v) is 5.54. The number of carboxylic acids is 1.